The molecule has 0 amide bonds. The lowest BCUT2D eigenvalue weighted by Gasteiger charge is -2.28. The number of hydrogen-bond acceptors (Lipinski definition) is 3. The molecule has 2 N–H and O–H groups in total. The smallest absolute Gasteiger partial charge is 0.191 e. The van der Waals surface area contributed by atoms with Crippen LogP contribution in [-0.4, -0.2) is 45.4 Å². The quantitative estimate of drug-likeness (QED) is 0.584. The van der Waals surface area contributed by atoms with E-state index in [1.54, 1.807) is 0 Å². The number of ether oxygens (including phenoxy) is 1. The Morgan fingerprint density at radius 3 is 2.41 bits per heavy atom. The summed E-state index contributed by atoms with van der Waals surface area (Å²) in [6.07, 6.45) is 0.986. The third-order valence-electron chi connectivity index (χ3n) is 4.63. The zero-order valence-corrected chi connectivity index (χ0v) is 16.2. The molecule has 1 aliphatic rings. The van der Waals surface area contributed by atoms with Gasteiger partial charge in [0.15, 0.2) is 5.96 Å². The third kappa shape index (κ3) is 6.29. The number of nitrogens with zero attached hydrogens (tertiary/aromatic N) is 2. The van der Waals surface area contributed by atoms with E-state index in [9.17, 15) is 0 Å². The summed E-state index contributed by atoms with van der Waals surface area (Å²) >= 11 is 0. The molecule has 1 heterocycles. The van der Waals surface area contributed by atoms with Gasteiger partial charge in [0, 0.05) is 31.9 Å². The molecule has 0 unspecified atom stereocenters. The molecule has 0 spiro atoms. The Balaban J connectivity index is 1.51. The molecule has 1 aliphatic heterocycles. The molecule has 1 saturated heterocycles. The van der Waals surface area contributed by atoms with Gasteiger partial charge >= 0.3 is 0 Å². The van der Waals surface area contributed by atoms with Crippen molar-refractivity contribution in [1.82, 2.24) is 10.6 Å². The van der Waals surface area contributed by atoms with Gasteiger partial charge in [-0.05, 0) is 36.6 Å². The summed E-state index contributed by atoms with van der Waals surface area (Å²) in [5.74, 6) is 0.866. The van der Waals surface area contributed by atoms with E-state index in [2.05, 4.69) is 71.0 Å². The van der Waals surface area contributed by atoms with Crippen LogP contribution in [0, 0.1) is 0 Å². The van der Waals surface area contributed by atoms with Crippen LogP contribution in [0.15, 0.2) is 59.6 Å². The van der Waals surface area contributed by atoms with Crippen LogP contribution in [0.3, 0.4) is 0 Å². The topological polar surface area (TPSA) is 48.9 Å². The summed E-state index contributed by atoms with van der Waals surface area (Å²) in [7, 11) is 0. The summed E-state index contributed by atoms with van der Waals surface area (Å²) < 4.78 is 5.42. The van der Waals surface area contributed by atoms with Gasteiger partial charge in [-0.15, -0.1) is 0 Å². The Hall–Kier alpha value is -2.53. The minimum atomic E-state index is 0.671. The normalized spacial score (nSPS) is 14.9. The summed E-state index contributed by atoms with van der Waals surface area (Å²) in [5, 5.41) is 6.74. The van der Waals surface area contributed by atoms with Gasteiger partial charge in [-0.3, -0.25) is 0 Å². The number of rotatable bonds is 7. The van der Waals surface area contributed by atoms with Gasteiger partial charge in [-0.1, -0.05) is 42.5 Å². The molecule has 0 saturated carbocycles. The predicted molar refractivity (Wildman–Crippen MR) is 112 cm³/mol. The lowest BCUT2D eigenvalue weighted by molar-refractivity contribution is 0.122. The molecule has 2 aromatic carbocycles. The van der Waals surface area contributed by atoms with Crippen LogP contribution in [0.1, 0.15) is 18.1 Å². The Kier molecular flexibility index (Phi) is 7.54. The fraction of sp³-hybridized carbons (Fsp3) is 0.409. The summed E-state index contributed by atoms with van der Waals surface area (Å²) in [4.78, 5) is 7.08. The monoisotopic (exact) mass is 366 g/mol. The highest BCUT2D eigenvalue weighted by molar-refractivity contribution is 5.79. The Labute approximate surface area is 162 Å². The van der Waals surface area contributed by atoms with E-state index in [-0.39, 0.29) is 0 Å². The Morgan fingerprint density at radius 1 is 0.963 bits per heavy atom. The zero-order chi connectivity index (χ0) is 18.7. The van der Waals surface area contributed by atoms with Gasteiger partial charge in [-0.2, -0.15) is 0 Å². The molecule has 1 fully saturated rings. The van der Waals surface area contributed by atoms with E-state index in [4.69, 9.17) is 9.73 Å². The molecule has 0 atom stereocenters. The average Bonchev–Trinajstić information content (AvgIpc) is 2.74. The van der Waals surface area contributed by atoms with Crippen LogP contribution >= 0.6 is 0 Å². The van der Waals surface area contributed by atoms with Crippen LogP contribution in [0.25, 0.3) is 0 Å². The van der Waals surface area contributed by atoms with E-state index in [0.717, 1.165) is 51.8 Å². The van der Waals surface area contributed by atoms with Crippen molar-refractivity contribution in [2.45, 2.75) is 19.9 Å². The first kappa shape index (κ1) is 19.2. The number of aliphatic imine (C=N–C) groups is 1. The van der Waals surface area contributed by atoms with Gasteiger partial charge in [0.25, 0.3) is 0 Å². The maximum Gasteiger partial charge on any atom is 0.191 e. The minimum absolute atomic E-state index is 0.671. The fourth-order valence-electron chi connectivity index (χ4n) is 3.12. The van der Waals surface area contributed by atoms with Gasteiger partial charge in [-0.25, -0.2) is 4.99 Å². The van der Waals surface area contributed by atoms with Crippen molar-refractivity contribution in [3.8, 4) is 0 Å². The van der Waals surface area contributed by atoms with Gasteiger partial charge in [0.2, 0.25) is 0 Å². The highest BCUT2D eigenvalue weighted by Crippen LogP contribution is 2.17. The molecule has 3 rings (SSSR count). The molecule has 0 radical (unpaired) electrons. The minimum Gasteiger partial charge on any atom is -0.378 e. The van der Waals surface area contributed by atoms with Crippen molar-refractivity contribution in [1.29, 1.82) is 0 Å². The lowest BCUT2D eigenvalue weighted by Crippen LogP contribution is -2.38. The van der Waals surface area contributed by atoms with Crippen molar-refractivity contribution in [2.24, 2.45) is 4.99 Å². The molecular weight excluding hydrogens is 336 g/mol. The van der Waals surface area contributed by atoms with Crippen molar-refractivity contribution in [3.05, 3.63) is 65.7 Å². The molecule has 0 bridgehead atoms. The third-order valence-corrected chi connectivity index (χ3v) is 4.63. The van der Waals surface area contributed by atoms with Crippen molar-refractivity contribution in [2.75, 3.05) is 44.3 Å². The first-order chi connectivity index (χ1) is 13.3. The van der Waals surface area contributed by atoms with E-state index < -0.39 is 0 Å². The van der Waals surface area contributed by atoms with Crippen LogP contribution in [0.2, 0.25) is 0 Å². The lowest BCUT2D eigenvalue weighted by atomic mass is 10.1. The van der Waals surface area contributed by atoms with Crippen LogP contribution in [0.5, 0.6) is 0 Å². The van der Waals surface area contributed by atoms with Crippen LogP contribution < -0.4 is 15.5 Å². The number of hydrogen-bond donors (Lipinski definition) is 2. The second kappa shape index (κ2) is 10.6. The molecule has 2 aromatic rings. The van der Waals surface area contributed by atoms with Crippen molar-refractivity contribution < 1.29 is 4.74 Å². The largest absolute Gasteiger partial charge is 0.378 e. The van der Waals surface area contributed by atoms with Gasteiger partial charge in [0.1, 0.15) is 0 Å². The number of anilines is 1. The summed E-state index contributed by atoms with van der Waals surface area (Å²) in [5.41, 5.74) is 3.81. The van der Waals surface area contributed by atoms with Crippen LogP contribution in [-0.2, 0) is 17.7 Å². The highest BCUT2D eigenvalue weighted by Gasteiger charge is 2.10. The van der Waals surface area contributed by atoms with E-state index >= 15 is 0 Å². The van der Waals surface area contributed by atoms with Gasteiger partial charge < -0.3 is 20.3 Å². The second-order valence-electron chi connectivity index (χ2n) is 6.62. The maximum atomic E-state index is 5.42. The fourth-order valence-corrected chi connectivity index (χ4v) is 3.12. The molecular formula is C22H30N4O. The number of nitrogens with one attached hydrogen (secondary N) is 2. The SMILES string of the molecule is CCNC(=NCc1ccc(N2CCOCC2)cc1)NCCc1ccccc1. The molecule has 144 valence electrons. The number of guanidine groups is 1. The zero-order valence-electron chi connectivity index (χ0n) is 16.2. The molecule has 27 heavy (non-hydrogen) atoms. The summed E-state index contributed by atoms with van der Waals surface area (Å²) in [6, 6.07) is 19.2. The number of benzene rings is 2. The molecule has 0 aliphatic carbocycles. The summed E-state index contributed by atoms with van der Waals surface area (Å²) in [6.45, 7) is 8.04. The predicted octanol–water partition coefficient (Wildman–Crippen LogP) is 2.82. The van der Waals surface area contributed by atoms with Crippen molar-refractivity contribution >= 4 is 11.6 Å². The second-order valence-corrected chi connectivity index (χ2v) is 6.62. The Morgan fingerprint density at radius 2 is 1.70 bits per heavy atom. The number of morpholine rings is 1. The Bertz CT molecular complexity index is 694. The molecule has 5 nitrogen and oxygen atoms in total. The first-order valence-corrected chi connectivity index (χ1v) is 9.83. The van der Waals surface area contributed by atoms with Crippen molar-refractivity contribution in [3.63, 3.8) is 0 Å². The maximum absolute atomic E-state index is 5.42. The van der Waals surface area contributed by atoms with Crippen LogP contribution in [0.4, 0.5) is 5.69 Å². The molecule has 5 heteroatoms. The first-order valence-electron chi connectivity index (χ1n) is 9.83. The standard InChI is InChI=1S/C22H30N4O/c1-2-23-22(24-13-12-19-6-4-3-5-7-19)25-18-20-8-10-21(11-9-20)26-14-16-27-17-15-26/h3-11H,2,12-18H2,1H3,(H2,23,24,25). The van der Waals surface area contributed by atoms with E-state index in [0.29, 0.717) is 6.54 Å². The molecule has 0 aromatic heterocycles. The highest BCUT2D eigenvalue weighted by atomic mass is 16.5. The van der Waals surface area contributed by atoms with Gasteiger partial charge in [0.05, 0.1) is 19.8 Å². The average molecular weight is 367 g/mol. The van der Waals surface area contributed by atoms with E-state index in [1.165, 1.54) is 16.8 Å². The van der Waals surface area contributed by atoms with E-state index in [1.807, 2.05) is 6.07 Å².